The summed E-state index contributed by atoms with van der Waals surface area (Å²) in [6.45, 7) is 0.765. The molecule has 1 aliphatic rings. The number of anilines is 2. The van der Waals surface area contributed by atoms with Crippen LogP contribution in [0.5, 0.6) is 0 Å². The highest BCUT2D eigenvalue weighted by Gasteiger charge is 2.33. The van der Waals surface area contributed by atoms with Crippen molar-refractivity contribution in [3.8, 4) is 0 Å². The Morgan fingerprint density at radius 3 is 2.50 bits per heavy atom. The van der Waals surface area contributed by atoms with Crippen LogP contribution in [0.25, 0.3) is 0 Å². The number of carbonyl (C=O) groups is 1. The van der Waals surface area contributed by atoms with Gasteiger partial charge in [-0.25, -0.2) is 23.1 Å². The monoisotopic (exact) mass is 483 g/mol. The molecule has 0 radical (unpaired) electrons. The molecule has 164 valence electrons. The summed E-state index contributed by atoms with van der Waals surface area (Å²) >= 11 is 6.82. The second-order valence-corrected chi connectivity index (χ2v) is 10.0. The fourth-order valence-corrected chi connectivity index (χ4v) is 5.08. The molecule has 2 aromatic heterocycles. The molecular formula is C16H17ClF3N5O3S2. The van der Waals surface area contributed by atoms with Crippen molar-refractivity contribution in [1.82, 2.24) is 14.7 Å². The third-order valence-electron chi connectivity index (χ3n) is 4.56. The van der Waals surface area contributed by atoms with E-state index in [1.165, 1.54) is 7.05 Å². The van der Waals surface area contributed by atoms with Crippen LogP contribution in [0.15, 0.2) is 22.7 Å². The van der Waals surface area contributed by atoms with E-state index in [4.69, 9.17) is 11.6 Å². The van der Waals surface area contributed by atoms with Crippen LogP contribution in [-0.4, -0.2) is 44.4 Å². The van der Waals surface area contributed by atoms with Gasteiger partial charge in [-0.2, -0.15) is 13.2 Å². The molecule has 2 N–H and O–H groups in total. The minimum absolute atomic E-state index is 0.0156. The molecule has 0 spiro atoms. The number of carbonyl (C=O) groups excluding carboxylic acids is 1. The Labute approximate surface area is 179 Å². The molecule has 0 bridgehead atoms. The molecule has 0 atom stereocenters. The maximum Gasteiger partial charge on any atom is 0.417 e. The number of piperidine rings is 1. The number of halogens is 4. The van der Waals surface area contributed by atoms with E-state index in [2.05, 4.69) is 20.0 Å². The van der Waals surface area contributed by atoms with Gasteiger partial charge in [-0.1, -0.05) is 22.9 Å². The van der Waals surface area contributed by atoms with Crippen molar-refractivity contribution in [1.29, 1.82) is 0 Å². The number of thiazole rings is 1. The number of nitrogens with zero attached hydrogens (tertiary/aromatic N) is 3. The van der Waals surface area contributed by atoms with Crippen LogP contribution < -0.4 is 14.9 Å². The molecule has 14 heteroatoms. The van der Waals surface area contributed by atoms with Gasteiger partial charge in [0.25, 0.3) is 10.0 Å². The Bertz CT molecular complexity index is 1040. The highest BCUT2D eigenvalue weighted by Crippen LogP contribution is 2.35. The van der Waals surface area contributed by atoms with Gasteiger partial charge in [-0.3, -0.25) is 4.79 Å². The Morgan fingerprint density at radius 1 is 1.27 bits per heavy atom. The molecule has 3 rings (SSSR count). The lowest BCUT2D eigenvalue weighted by molar-refractivity contribution is -0.137. The number of alkyl halides is 3. The predicted octanol–water partition coefficient (Wildman–Crippen LogP) is 2.97. The van der Waals surface area contributed by atoms with E-state index in [1.807, 2.05) is 0 Å². The van der Waals surface area contributed by atoms with E-state index >= 15 is 0 Å². The average molecular weight is 484 g/mol. The van der Waals surface area contributed by atoms with Crippen LogP contribution in [0.4, 0.5) is 24.1 Å². The van der Waals surface area contributed by atoms with Gasteiger partial charge in [-0.15, -0.1) is 0 Å². The number of hydrogen-bond donors (Lipinski definition) is 2. The lowest BCUT2D eigenvalue weighted by atomic mass is 9.96. The second kappa shape index (κ2) is 8.65. The predicted molar refractivity (Wildman–Crippen MR) is 106 cm³/mol. The smallest absolute Gasteiger partial charge is 0.355 e. The van der Waals surface area contributed by atoms with E-state index in [-0.39, 0.29) is 32.0 Å². The maximum absolute atomic E-state index is 12.8. The molecule has 1 amide bonds. The molecule has 0 aliphatic carbocycles. The Kier molecular flexibility index (Phi) is 6.55. The molecule has 30 heavy (non-hydrogen) atoms. The van der Waals surface area contributed by atoms with Crippen molar-refractivity contribution in [3.63, 3.8) is 0 Å². The Hall–Kier alpha value is -1.96. The van der Waals surface area contributed by atoms with Crippen molar-refractivity contribution >= 4 is 49.8 Å². The van der Waals surface area contributed by atoms with Gasteiger partial charge in [0.1, 0.15) is 5.82 Å². The summed E-state index contributed by atoms with van der Waals surface area (Å²) in [6.07, 6.45) is -1.77. The fraction of sp³-hybridized carbons (Fsp3) is 0.438. The van der Waals surface area contributed by atoms with Crippen LogP contribution in [0.3, 0.4) is 0 Å². The Balaban J connectivity index is 1.60. The van der Waals surface area contributed by atoms with Crippen molar-refractivity contribution in [2.24, 2.45) is 5.92 Å². The largest absolute Gasteiger partial charge is 0.417 e. The number of pyridine rings is 1. The second-order valence-electron chi connectivity index (χ2n) is 6.47. The third kappa shape index (κ3) is 5.02. The standard InChI is InChI=1S/C16H17ClF3N5O3S2/c1-21-30(27,28)12-8-23-15(29-12)24-14(26)9-2-4-25(5-3-9)13-11(17)6-10(7-22-13)16(18,19)20/h6-9,21H,2-5H2,1H3,(H,23,24,26). The zero-order chi connectivity index (χ0) is 22.1. The minimum atomic E-state index is -4.53. The first kappa shape index (κ1) is 22.7. The first-order valence-corrected chi connectivity index (χ1v) is 11.4. The molecule has 3 heterocycles. The fourth-order valence-electron chi connectivity index (χ4n) is 2.92. The zero-order valence-electron chi connectivity index (χ0n) is 15.5. The summed E-state index contributed by atoms with van der Waals surface area (Å²) in [5.74, 6) is -0.419. The third-order valence-corrected chi connectivity index (χ3v) is 7.63. The average Bonchev–Trinajstić information content (AvgIpc) is 3.17. The number of amides is 1. The van der Waals surface area contributed by atoms with Crippen molar-refractivity contribution in [3.05, 3.63) is 29.0 Å². The van der Waals surface area contributed by atoms with Crippen LogP contribution in [0.2, 0.25) is 5.02 Å². The maximum atomic E-state index is 12.8. The van der Waals surface area contributed by atoms with Crippen LogP contribution in [0.1, 0.15) is 18.4 Å². The number of aromatic nitrogens is 2. The minimum Gasteiger partial charge on any atom is -0.355 e. The number of nitrogens with one attached hydrogen (secondary N) is 2. The normalized spacial score (nSPS) is 16.0. The number of hydrogen-bond acceptors (Lipinski definition) is 7. The molecule has 1 saturated heterocycles. The number of rotatable bonds is 5. The van der Waals surface area contributed by atoms with E-state index in [9.17, 15) is 26.4 Å². The summed E-state index contributed by atoms with van der Waals surface area (Å²) in [7, 11) is -2.36. The van der Waals surface area contributed by atoms with E-state index in [0.29, 0.717) is 25.9 Å². The SMILES string of the molecule is CNS(=O)(=O)c1cnc(NC(=O)C2CCN(c3ncc(C(F)(F)F)cc3Cl)CC2)s1. The summed E-state index contributed by atoms with van der Waals surface area (Å²) in [4.78, 5) is 21.9. The van der Waals surface area contributed by atoms with E-state index < -0.39 is 21.8 Å². The highest BCUT2D eigenvalue weighted by molar-refractivity contribution is 7.91. The summed E-state index contributed by atoms with van der Waals surface area (Å²) in [6, 6.07) is 0.835. The molecule has 0 saturated carbocycles. The van der Waals surface area contributed by atoms with E-state index in [0.717, 1.165) is 29.8 Å². The highest BCUT2D eigenvalue weighted by atomic mass is 35.5. The quantitative estimate of drug-likeness (QED) is 0.677. The lowest BCUT2D eigenvalue weighted by Gasteiger charge is -2.32. The Morgan fingerprint density at radius 2 is 1.93 bits per heavy atom. The molecule has 1 aliphatic heterocycles. The van der Waals surface area contributed by atoms with Gasteiger partial charge in [0.15, 0.2) is 9.34 Å². The summed E-state index contributed by atoms with van der Waals surface area (Å²) in [5, 5.41) is 2.68. The van der Waals surface area contributed by atoms with Gasteiger partial charge in [-0.05, 0) is 26.0 Å². The van der Waals surface area contributed by atoms with Gasteiger partial charge >= 0.3 is 6.18 Å². The molecule has 8 nitrogen and oxygen atoms in total. The molecule has 1 fully saturated rings. The van der Waals surface area contributed by atoms with Crippen molar-refractivity contribution in [2.75, 3.05) is 30.4 Å². The topological polar surface area (TPSA) is 104 Å². The van der Waals surface area contributed by atoms with E-state index in [1.54, 1.807) is 4.90 Å². The summed E-state index contributed by atoms with van der Waals surface area (Å²) in [5.41, 5.74) is -0.923. The van der Waals surface area contributed by atoms with Crippen LogP contribution in [0, 0.1) is 5.92 Å². The van der Waals surface area contributed by atoms with Gasteiger partial charge in [0.05, 0.1) is 16.8 Å². The van der Waals surface area contributed by atoms with Crippen molar-refractivity contribution in [2.45, 2.75) is 23.2 Å². The zero-order valence-corrected chi connectivity index (χ0v) is 17.9. The van der Waals surface area contributed by atoms with Gasteiger partial charge in [0.2, 0.25) is 5.91 Å². The van der Waals surface area contributed by atoms with Gasteiger partial charge in [0, 0.05) is 25.2 Å². The number of sulfonamides is 1. The summed E-state index contributed by atoms with van der Waals surface area (Å²) < 4.78 is 63.9. The first-order valence-electron chi connectivity index (χ1n) is 8.69. The van der Waals surface area contributed by atoms with Crippen LogP contribution in [-0.2, 0) is 21.0 Å². The molecular weight excluding hydrogens is 467 g/mol. The van der Waals surface area contributed by atoms with Gasteiger partial charge < -0.3 is 10.2 Å². The molecule has 0 aromatic carbocycles. The molecule has 2 aromatic rings. The lowest BCUT2D eigenvalue weighted by Crippen LogP contribution is -2.38. The molecule has 0 unspecified atom stereocenters. The first-order chi connectivity index (χ1) is 14.0. The van der Waals surface area contributed by atoms with Crippen LogP contribution >= 0.6 is 22.9 Å². The van der Waals surface area contributed by atoms with Crippen molar-refractivity contribution < 1.29 is 26.4 Å².